The van der Waals surface area contributed by atoms with Crippen LogP contribution in [-0.4, -0.2) is 28.2 Å². The Balaban J connectivity index is 1.41. The number of aryl methyl sites for hydroxylation is 1. The van der Waals surface area contributed by atoms with E-state index in [2.05, 4.69) is 20.5 Å². The number of nitrogens with one attached hydrogen (secondary N) is 2. The summed E-state index contributed by atoms with van der Waals surface area (Å²) in [6.07, 6.45) is -8.66. The molecule has 1 amide bonds. The molecule has 2 N–H and O–H groups in total. The number of fused-ring (bicyclic) bond motifs is 4. The molecule has 0 spiro atoms. The Morgan fingerprint density at radius 1 is 1.06 bits per heavy atom. The highest BCUT2D eigenvalue weighted by atomic mass is 19.4. The molecule has 3 aromatic rings. The number of hydrogen-bond acceptors (Lipinski definition) is 4. The van der Waals surface area contributed by atoms with Crippen molar-refractivity contribution in [1.82, 2.24) is 9.78 Å². The first-order valence-electron chi connectivity index (χ1n) is 10.7. The van der Waals surface area contributed by atoms with Crippen molar-refractivity contribution in [3.05, 3.63) is 71.4 Å². The molecule has 35 heavy (non-hydrogen) atoms. The van der Waals surface area contributed by atoms with Crippen LogP contribution in [0.15, 0.2) is 54.6 Å². The van der Waals surface area contributed by atoms with E-state index in [4.69, 9.17) is 0 Å². The monoisotopic (exact) mass is 496 g/mol. The molecule has 1 aliphatic carbocycles. The summed E-state index contributed by atoms with van der Waals surface area (Å²) in [5, 5.41) is 9.51. The lowest BCUT2D eigenvalue weighted by atomic mass is 9.75. The van der Waals surface area contributed by atoms with E-state index in [1.807, 2.05) is 12.1 Å². The van der Waals surface area contributed by atoms with E-state index in [-0.39, 0.29) is 17.2 Å². The number of carbonyl (C=O) groups is 1. The molecule has 3 atom stereocenters. The zero-order valence-electron chi connectivity index (χ0n) is 17.8. The summed E-state index contributed by atoms with van der Waals surface area (Å²) in [5.74, 6) is -2.03. The largest absolute Gasteiger partial charge is 0.573 e. The van der Waals surface area contributed by atoms with Crippen LogP contribution < -0.4 is 15.4 Å². The van der Waals surface area contributed by atoms with Gasteiger partial charge in [-0.15, -0.1) is 13.2 Å². The van der Waals surface area contributed by atoms with Gasteiger partial charge in [-0.05, 0) is 48.2 Å². The Hall–Kier alpha value is -3.70. The van der Waals surface area contributed by atoms with Crippen LogP contribution in [0.2, 0.25) is 0 Å². The Labute approximate surface area is 194 Å². The van der Waals surface area contributed by atoms with Gasteiger partial charge in [0.15, 0.2) is 11.7 Å². The number of nitrogens with zero attached hydrogens (tertiary/aromatic N) is 2. The number of alkyl halides is 6. The fourth-order valence-electron chi connectivity index (χ4n) is 4.79. The summed E-state index contributed by atoms with van der Waals surface area (Å²) in [4.78, 5) is 12.7. The third kappa shape index (κ3) is 4.52. The summed E-state index contributed by atoms with van der Waals surface area (Å²) in [6, 6.07) is 10.4. The second-order valence-electron chi connectivity index (χ2n) is 8.40. The Morgan fingerprint density at radius 3 is 2.46 bits per heavy atom. The molecule has 0 saturated carbocycles. The van der Waals surface area contributed by atoms with Crippen molar-refractivity contribution in [2.75, 3.05) is 10.6 Å². The van der Waals surface area contributed by atoms with E-state index in [0.717, 1.165) is 27.9 Å². The summed E-state index contributed by atoms with van der Waals surface area (Å²) in [5.41, 5.74) is 1.63. The van der Waals surface area contributed by atoms with Gasteiger partial charge in [0.05, 0.1) is 6.04 Å². The number of rotatable bonds is 3. The zero-order chi connectivity index (χ0) is 25.0. The molecule has 1 aliphatic heterocycles. The number of amides is 1. The maximum atomic E-state index is 14.2. The Kier molecular flexibility index (Phi) is 5.41. The fraction of sp³-hybridized carbons (Fsp3) is 0.304. The van der Waals surface area contributed by atoms with Crippen molar-refractivity contribution in [3.63, 3.8) is 0 Å². The van der Waals surface area contributed by atoms with Crippen molar-refractivity contribution in [2.24, 2.45) is 5.92 Å². The van der Waals surface area contributed by atoms with Gasteiger partial charge in [-0.1, -0.05) is 24.3 Å². The van der Waals surface area contributed by atoms with E-state index < -0.39 is 42.2 Å². The lowest BCUT2D eigenvalue weighted by molar-refractivity contribution is -0.274. The highest BCUT2D eigenvalue weighted by Crippen LogP contribution is 2.51. The molecule has 2 aromatic carbocycles. The Morgan fingerprint density at radius 2 is 1.77 bits per heavy atom. The number of carbonyl (C=O) groups excluding carboxylic acids is 1. The van der Waals surface area contributed by atoms with E-state index >= 15 is 0 Å². The molecule has 0 saturated heterocycles. The number of hydrogen-bond donors (Lipinski definition) is 2. The molecular formula is C23H18F6N4O2. The highest BCUT2D eigenvalue weighted by molar-refractivity contribution is 6.03. The minimum atomic E-state index is -4.86. The zero-order valence-corrected chi connectivity index (χ0v) is 17.8. The second kappa shape index (κ2) is 8.21. The first kappa shape index (κ1) is 23.1. The standard InChI is InChI=1S/C23H18F6N4O2/c24-22(25,26)20-16-10-5-12-3-1-2-4-15(12)19(16)31-18-11-17(32-33(18)20)21(34)30-13-6-8-14(9-7-13)35-23(27,28)29/h1-4,6-9,11,16,19-20,31H,5,10H2,(H,30,34)/t16-,19-,20+/m1/s1. The normalized spacial score (nSPS) is 21.3. The molecule has 0 radical (unpaired) electrons. The molecule has 2 heterocycles. The van der Waals surface area contributed by atoms with Crippen molar-refractivity contribution in [2.45, 2.75) is 37.5 Å². The highest BCUT2D eigenvalue weighted by Gasteiger charge is 2.53. The van der Waals surface area contributed by atoms with E-state index in [1.54, 1.807) is 12.1 Å². The predicted molar refractivity (Wildman–Crippen MR) is 113 cm³/mol. The van der Waals surface area contributed by atoms with Gasteiger partial charge in [0.2, 0.25) is 0 Å². The van der Waals surface area contributed by atoms with Gasteiger partial charge in [0.25, 0.3) is 5.91 Å². The summed E-state index contributed by atoms with van der Waals surface area (Å²) >= 11 is 0. The maximum Gasteiger partial charge on any atom is 0.573 e. The van der Waals surface area contributed by atoms with Gasteiger partial charge < -0.3 is 15.4 Å². The lowest BCUT2D eigenvalue weighted by Gasteiger charge is -2.43. The number of anilines is 2. The number of halogens is 6. The van der Waals surface area contributed by atoms with Crippen molar-refractivity contribution >= 4 is 17.4 Å². The second-order valence-corrected chi connectivity index (χ2v) is 8.40. The van der Waals surface area contributed by atoms with Crippen LogP contribution in [-0.2, 0) is 6.42 Å². The van der Waals surface area contributed by atoms with Crippen molar-refractivity contribution < 1.29 is 35.9 Å². The minimum Gasteiger partial charge on any atom is -0.406 e. The van der Waals surface area contributed by atoms with Crippen molar-refractivity contribution in [1.29, 1.82) is 0 Å². The van der Waals surface area contributed by atoms with Crippen LogP contribution in [0, 0.1) is 5.92 Å². The third-order valence-electron chi connectivity index (χ3n) is 6.19. The summed E-state index contributed by atoms with van der Waals surface area (Å²) < 4.78 is 84.1. The first-order chi connectivity index (χ1) is 16.5. The first-order valence-corrected chi connectivity index (χ1v) is 10.7. The molecule has 0 fully saturated rings. The van der Waals surface area contributed by atoms with E-state index in [1.165, 1.54) is 18.2 Å². The third-order valence-corrected chi connectivity index (χ3v) is 6.19. The number of benzene rings is 2. The van der Waals surface area contributed by atoms with E-state index in [0.29, 0.717) is 12.8 Å². The van der Waals surface area contributed by atoms with Gasteiger partial charge in [0.1, 0.15) is 11.6 Å². The number of ether oxygens (including phenoxy) is 1. The quantitative estimate of drug-likeness (QED) is 0.446. The summed E-state index contributed by atoms with van der Waals surface area (Å²) in [7, 11) is 0. The number of aromatic nitrogens is 2. The molecule has 2 aliphatic rings. The smallest absolute Gasteiger partial charge is 0.406 e. The van der Waals surface area contributed by atoms with Gasteiger partial charge in [-0.2, -0.15) is 18.3 Å². The molecular weight excluding hydrogens is 478 g/mol. The van der Waals surface area contributed by atoms with Crippen LogP contribution in [0.5, 0.6) is 5.75 Å². The van der Waals surface area contributed by atoms with Gasteiger partial charge in [-0.3, -0.25) is 4.79 Å². The minimum absolute atomic E-state index is 0.0596. The average Bonchev–Trinajstić information content (AvgIpc) is 3.20. The van der Waals surface area contributed by atoms with Crippen molar-refractivity contribution in [3.8, 4) is 5.75 Å². The average molecular weight is 496 g/mol. The molecule has 6 nitrogen and oxygen atoms in total. The molecule has 184 valence electrons. The van der Waals surface area contributed by atoms with Crippen LogP contribution in [0.25, 0.3) is 0 Å². The molecule has 5 rings (SSSR count). The van der Waals surface area contributed by atoms with Gasteiger partial charge >= 0.3 is 12.5 Å². The van der Waals surface area contributed by atoms with E-state index in [9.17, 15) is 31.1 Å². The molecule has 1 aromatic heterocycles. The lowest BCUT2D eigenvalue weighted by Crippen LogP contribution is -2.45. The fourth-order valence-corrected chi connectivity index (χ4v) is 4.79. The molecule has 12 heteroatoms. The molecule has 0 bridgehead atoms. The molecule has 0 unspecified atom stereocenters. The van der Waals surface area contributed by atoms with Gasteiger partial charge in [-0.25, -0.2) is 4.68 Å². The predicted octanol–water partition coefficient (Wildman–Crippen LogP) is 5.87. The topological polar surface area (TPSA) is 68.2 Å². The summed E-state index contributed by atoms with van der Waals surface area (Å²) in [6.45, 7) is 0. The maximum absolute atomic E-state index is 14.2. The van der Waals surface area contributed by atoms with Gasteiger partial charge in [0, 0.05) is 17.7 Å². The van der Waals surface area contributed by atoms with Crippen LogP contribution in [0.3, 0.4) is 0 Å². The SMILES string of the molecule is O=C(Nc1ccc(OC(F)(F)F)cc1)c1cc2n(n1)[C@H](C(F)(F)F)[C@@H]1CCc3ccccc3[C@H]1N2. The van der Waals surface area contributed by atoms with Crippen LogP contribution >= 0.6 is 0 Å². The van der Waals surface area contributed by atoms with Crippen LogP contribution in [0.1, 0.15) is 40.1 Å². The Bertz CT molecular complexity index is 1250. The van der Waals surface area contributed by atoms with Crippen LogP contribution in [0.4, 0.5) is 37.8 Å².